The van der Waals surface area contributed by atoms with Crippen molar-refractivity contribution in [2.24, 2.45) is 0 Å². The first-order chi connectivity index (χ1) is 21.5. The van der Waals surface area contributed by atoms with Gasteiger partial charge in [0, 0.05) is 12.1 Å². The number of nitrogens with two attached hydrogens (primary N) is 2. The molecule has 0 bridgehead atoms. The predicted molar refractivity (Wildman–Crippen MR) is 159 cm³/mol. The Morgan fingerprint density at radius 3 is 1.64 bits per heavy atom. The first-order valence-electron chi connectivity index (χ1n) is 15.2. The number of nitrogens with one attached hydrogen (secondary N) is 2. The third-order valence-electron chi connectivity index (χ3n) is 8.34. The summed E-state index contributed by atoms with van der Waals surface area (Å²) in [5.74, 6) is 1.79. The van der Waals surface area contributed by atoms with E-state index in [0.29, 0.717) is 53.7 Å². The van der Waals surface area contributed by atoms with Gasteiger partial charge in [-0.25, -0.2) is 9.97 Å². The number of aliphatic hydroxyl groups is 1. The monoisotopic (exact) mass is 610 g/mol. The van der Waals surface area contributed by atoms with E-state index in [2.05, 4.69) is 40.5 Å². The maximum atomic E-state index is 9.09. The van der Waals surface area contributed by atoms with Crippen molar-refractivity contribution in [1.29, 1.82) is 0 Å². The zero-order valence-corrected chi connectivity index (χ0v) is 24.5. The highest BCUT2D eigenvalue weighted by Crippen LogP contribution is 2.31. The second-order valence-electron chi connectivity index (χ2n) is 11.4. The minimum atomic E-state index is -0.616. The van der Waals surface area contributed by atoms with E-state index in [-0.39, 0.29) is 37.2 Å². The van der Waals surface area contributed by atoms with Gasteiger partial charge < -0.3 is 46.2 Å². The van der Waals surface area contributed by atoms with Gasteiger partial charge in [-0.1, -0.05) is 6.92 Å². The molecule has 4 fully saturated rings. The average molecular weight is 611 g/mol. The predicted octanol–water partition coefficient (Wildman–Crippen LogP) is 1.89. The molecule has 4 aliphatic rings. The van der Waals surface area contributed by atoms with Gasteiger partial charge in [0.1, 0.15) is 0 Å². The van der Waals surface area contributed by atoms with Crippen LogP contribution in [0.25, 0.3) is 22.3 Å². The van der Waals surface area contributed by atoms with Gasteiger partial charge in [0.25, 0.3) is 0 Å². The van der Waals surface area contributed by atoms with Gasteiger partial charge in [-0.2, -0.15) is 19.9 Å². The number of rotatable bonds is 8. The van der Waals surface area contributed by atoms with Crippen LogP contribution in [0.5, 0.6) is 0 Å². The SMILES string of the molecule is CC[C@@H]1OC[C@H](n2cnc3c(NC4CCC4)nc(N)nc32)O1.Nc1nc(NC2CCC2)c2ncn([C@H]3CO[C@@H](CO)O3)c2n1. The number of nitrogen functional groups attached to an aromatic ring is 2. The lowest BCUT2D eigenvalue weighted by Gasteiger charge is -2.26. The number of nitrogens with zero attached hydrogens (tertiary/aromatic N) is 8. The topological polar surface area (TPSA) is 220 Å². The van der Waals surface area contributed by atoms with Crippen molar-refractivity contribution in [1.82, 2.24) is 39.0 Å². The van der Waals surface area contributed by atoms with Crippen LogP contribution in [-0.2, 0) is 18.9 Å². The first kappa shape index (κ1) is 28.8. The number of imidazole rings is 2. The summed E-state index contributed by atoms with van der Waals surface area (Å²) in [6, 6.07) is 0.880. The van der Waals surface area contributed by atoms with Gasteiger partial charge in [-0.3, -0.25) is 9.13 Å². The highest BCUT2D eigenvalue weighted by molar-refractivity contribution is 5.85. The third kappa shape index (κ3) is 5.68. The molecule has 4 atom stereocenters. The Bertz CT molecular complexity index is 1490. The van der Waals surface area contributed by atoms with Crippen molar-refractivity contribution < 1.29 is 24.1 Å². The summed E-state index contributed by atoms with van der Waals surface area (Å²) >= 11 is 0. The largest absolute Gasteiger partial charge is 0.391 e. The summed E-state index contributed by atoms with van der Waals surface area (Å²) in [4.78, 5) is 26.0. The number of fused-ring (bicyclic) bond motifs is 2. The third-order valence-corrected chi connectivity index (χ3v) is 8.34. The number of anilines is 4. The molecule has 4 aromatic rings. The number of hydrogen-bond donors (Lipinski definition) is 5. The Labute approximate surface area is 252 Å². The van der Waals surface area contributed by atoms with Crippen LogP contribution in [0.1, 0.15) is 64.3 Å². The molecule has 0 radical (unpaired) electrons. The second kappa shape index (κ2) is 12.2. The first-order valence-corrected chi connectivity index (χ1v) is 15.2. The lowest BCUT2D eigenvalue weighted by Crippen LogP contribution is -2.27. The molecule has 0 spiro atoms. The van der Waals surface area contributed by atoms with Crippen LogP contribution in [-0.4, -0.2) is 88.6 Å². The van der Waals surface area contributed by atoms with Crippen LogP contribution >= 0.6 is 0 Å². The van der Waals surface area contributed by atoms with E-state index < -0.39 is 6.29 Å². The van der Waals surface area contributed by atoms with E-state index in [1.165, 1.54) is 12.8 Å². The molecule has 17 heteroatoms. The number of aromatic nitrogens is 8. The molecule has 8 rings (SSSR count). The molecule has 6 heterocycles. The molecule has 2 aliphatic carbocycles. The van der Waals surface area contributed by atoms with Crippen LogP contribution in [0.4, 0.5) is 23.5 Å². The molecule has 44 heavy (non-hydrogen) atoms. The highest BCUT2D eigenvalue weighted by Gasteiger charge is 2.30. The molecule has 0 aromatic carbocycles. The van der Waals surface area contributed by atoms with Crippen LogP contribution < -0.4 is 22.1 Å². The Hall–Kier alpha value is -3.90. The summed E-state index contributed by atoms with van der Waals surface area (Å²) in [7, 11) is 0. The van der Waals surface area contributed by atoms with Gasteiger partial charge in [0.2, 0.25) is 11.9 Å². The van der Waals surface area contributed by atoms with Gasteiger partial charge in [0.05, 0.1) is 32.5 Å². The number of hydrogen-bond acceptors (Lipinski definition) is 15. The summed E-state index contributed by atoms with van der Waals surface area (Å²) in [5, 5.41) is 15.9. The molecular formula is C27H38N12O5. The lowest BCUT2D eigenvalue weighted by molar-refractivity contribution is -0.0980. The molecule has 17 nitrogen and oxygen atoms in total. The number of aliphatic hydroxyl groups excluding tert-OH is 1. The molecule has 7 N–H and O–H groups in total. The van der Waals surface area contributed by atoms with Crippen LogP contribution in [0.2, 0.25) is 0 Å². The maximum Gasteiger partial charge on any atom is 0.224 e. The molecule has 0 amide bonds. The normalized spacial score (nSPS) is 25.5. The Morgan fingerprint density at radius 1 is 0.773 bits per heavy atom. The second-order valence-corrected chi connectivity index (χ2v) is 11.4. The Balaban J connectivity index is 0.000000142. The van der Waals surface area contributed by atoms with E-state index in [1.54, 1.807) is 17.2 Å². The highest BCUT2D eigenvalue weighted by atomic mass is 16.7. The Morgan fingerprint density at radius 2 is 1.25 bits per heavy atom. The van der Waals surface area contributed by atoms with E-state index in [1.807, 2.05) is 11.5 Å². The minimum Gasteiger partial charge on any atom is -0.391 e. The minimum absolute atomic E-state index is 0.172. The van der Waals surface area contributed by atoms with Crippen molar-refractivity contribution in [3.8, 4) is 0 Å². The van der Waals surface area contributed by atoms with Crippen LogP contribution in [0.3, 0.4) is 0 Å². The standard InChI is InChI=1S/C14H20N6O2.C13H18N6O3/c1-2-10-21-6-9(22-10)20-7-16-11-12(17-8-4-3-5-8)18-14(15)19-13(11)20;14-13-17-11(16-7-2-1-3-7)10-12(18-13)19(6-15-10)8-5-21-9(4-20)22-8/h7-10H,2-6H2,1H3,(H3,15,17,18,19);6-9,20H,1-5H2,(H3,14,16,17,18)/t9-,10-;8-,9-/m11/s1. The maximum absolute atomic E-state index is 9.09. The molecular weight excluding hydrogens is 572 g/mol. The quantitative estimate of drug-likeness (QED) is 0.192. The summed E-state index contributed by atoms with van der Waals surface area (Å²) < 4.78 is 26.0. The number of ether oxygens (including phenoxy) is 4. The van der Waals surface area contributed by atoms with Crippen molar-refractivity contribution in [2.75, 3.05) is 41.9 Å². The summed E-state index contributed by atoms with van der Waals surface area (Å²) in [6.07, 6.45) is 9.83. The van der Waals surface area contributed by atoms with E-state index in [4.69, 9.17) is 35.5 Å². The van der Waals surface area contributed by atoms with Crippen molar-refractivity contribution in [3.63, 3.8) is 0 Å². The molecule has 4 aromatic heterocycles. The van der Waals surface area contributed by atoms with E-state index >= 15 is 0 Å². The fraction of sp³-hybridized carbons (Fsp3) is 0.630. The van der Waals surface area contributed by atoms with Crippen molar-refractivity contribution in [2.45, 2.75) is 89.0 Å². The Kier molecular flexibility index (Phi) is 8.02. The summed E-state index contributed by atoms with van der Waals surface area (Å²) in [6.45, 7) is 2.65. The van der Waals surface area contributed by atoms with Gasteiger partial charge >= 0.3 is 0 Å². The fourth-order valence-corrected chi connectivity index (χ4v) is 5.47. The van der Waals surface area contributed by atoms with Gasteiger partial charge in [-0.15, -0.1) is 0 Å². The molecule has 2 saturated carbocycles. The molecule has 2 saturated heterocycles. The van der Waals surface area contributed by atoms with Crippen LogP contribution in [0, 0.1) is 0 Å². The van der Waals surface area contributed by atoms with Crippen molar-refractivity contribution >= 4 is 45.9 Å². The summed E-state index contributed by atoms with van der Waals surface area (Å²) in [5.41, 5.74) is 14.4. The molecule has 2 aliphatic heterocycles. The van der Waals surface area contributed by atoms with E-state index in [0.717, 1.165) is 37.6 Å². The smallest absolute Gasteiger partial charge is 0.224 e. The van der Waals surface area contributed by atoms with Gasteiger partial charge in [-0.05, 0) is 44.9 Å². The zero-order valence-electron chi connectivity index (χ0n) is 24.5. The lowest BCUT2D eigenvalue weighted by atomic mass is 9.93. The van der Waals surface area contributed by atoms with Crippen LogP contribution in [0.15, 0.2) is 12.7 Å². The molecule has 236 valence electrons. The van der Waals surface area contributed by atoms with Crippen molar-refractivity contribution in [3.05, 3.63) is 12.7 Å². The average Bonchev–Trinajstić information content (AvgIpc) is 3.77. The zero-order chi connectivity index (χ0) is 30.2. The molecule has 0 unspecified atom stereocenters. The van der Waals surface area contributed by atoms with E-state index in [9.17, 15) is 0 Å². The fourth-order valence-electron chi connectivity index (χ4n) is 5.47. The van der Waals surface area contributed by atoms with Gasteiger partial charge in [0.15, 0.2) is 59.0 Å².